The number of hydrogen-bond acceptors (Lipinski definition) is 5. The summed E-state index contributed by atoms with van der Waals surface area (Å²) in [5.74, 6) is 0.428. The monoisotopic (exact) mass is 416 g/mol. The maximum atomic E-state index is 13.0. The van der Waals surface area contributed by atoms with Crippen molar-refractivity contribution in [1.29, 1.82) is 0 Å². The van der Waals surface area contributed by atoms with E-state index in [1.165, 1.54) is 23.3 Å². The van der Waals surface area contributed by atoms with E-state index < -0.39 is 10.0 Å². The van der Waals surface area contributed by atoms with Crippen LogP contribution in [-0.4, -0.2) is 33.0 Å². The molecule has 0 saturated heterocycles. The van der Waals surface area contributed by atoms with E-state index in [9.17, 15) is 8.42 Å². The molecule has 8 nitrogen and oxygen atoms in total. The van der Waals surface area contributed by atoms with Crippen LogP contribution in [0.1, 0.15) is 12.5 Å². The Bertz CT molecular complexity index is 1280. The molecular formula is C18H17ClN6O2S. The van der Waals surface area contributed by atoms with Gasteiger partial charge >= 0.3 is 0 Å². The first kappa shape index (κ1) is 18.5. The lowest BCUT2D eigenvalue weighted by Gasteiger charge is -2.13. The number of hydrogen-bond donors (Lipinski definition) is 1. The Morgan fingerprint density at radius 2 is 2.00 bits per heavy atom. The number of fused-ring (bicyclic) bond motifs is 1. The smallest absolute Gasteiger partial charge is 0.265 e. The first-order chi connectivity index (χ1) is 13.4. The number of rotatable bonds is 5. The molecule has 0 saturated carbocycles. The van der Waals surface area contributed by atoms with Crippen molar-refractivity contribution in [3.8, 4) is 5.82 Å². The topological polar surface area (TPSA) is 94.7 Å². The highest BCUT2D eigenvalue weighted by molar-refractivity contribution is 7.92. The van der Waals surface area contributed by atoms with Gasteiger partial charge in [0.2, 0.25) is 0 Å². The Morgan fingerprint density at radius 3 is 2.75 bits per heavy atom. The Balaban J connectivity index is 1.75. The van der Waals surface area contributed by atoms with Crippen LogP contribution in [0.15, 0.2) is 53.9 Å². The zero-order chi connectivity index (χ0) is 19.9. The molecule has 1 N–H and O–H groups in total. The van der Waals surface area contributed by atoms with Gasteiger partial charge in [0.15, 0.2) is 5.82 Å². The molecule has 0 aliphatic heterocycles. The average molecular weight is 417 g/mol. The van der Waals surface area contributed by atoms with Crippen molar-refractivity contribution < 1.29 is 8.42 Å². The Kier molecular flexibility index (Phi) is 4.56. The molecule has 3 aromatic heterocycles. The lowest BCUT2D eigenvalue weighted by Crippen LogP contribution is -2.15. The van der Waals surface area contributed by atoms with Gasteiger partial charge in [-0.1, -0.05) is 30.7 Å². The summed E-state index contributed by atoms with van der Waals surface area (Å²) in [5, 5.41) is 9.68. The fourth-order valence-electron chi connectivity index (χ4n) is 3.00. The van der Waals surface area contributed by atoms with Crippen molar-refractivity contribution in [3.63, 3.8) is 0 Å². The van der Waals surface area contributed by atoms with Crippen LogP contribution in [0.5, 0.6) is 0 Å². The first-order valence-electron chi connectivity index (χ1n) is 8.52. The second kappa shape index (κ2) is 6.92. The van der Waals surface area contributed by atoms with Crippen LogP contribution in [0.3, 0.4) is 0 Å². The number of aromatic nitrogens is 5. The van der Waals surface area contributed by atoms with Gasteiger partial charge in [0.25, 0.3) is 10.0 Å². The molecule has 4 aromatic rings. The predicted octanol–water partition coefficient (Wildman–Crippen LogP) is 3.17. The minimum Gasteiger partial charge on any atom is -0.277 e. The van der Waals surface area contributed by atoms with Crippen LogP contribution in [0.25, 0.3) is 16.7 Å². The van der Waals surface area contributed by atoms with Gasteiger partial charge in [0.05, 0.1) is 29.8 Å². The molecule has 4 rings (SSSR count). The molecule has 0 fully saturated rings. The summed E-state index contributed by atoms with van der Waals surface area (Å²) < 4.78 is 31.8. The van der Waals surface area contributed by atoms with Crippen LogP contribution in [0, 0.1) is 0 Å². The van der Waals surface area contributed by atoms with E-state index >= 15 is 0 Å². The maximum absolute atomic E-state index is 13.0. The van der Waals surface area contributed by atoms with Crippen LogP contribution in [0.4, 0.5) is 5.69 Å². The molecule has 0 aliphatic rings. The van der Waals surface area contributed by atoms with Gasteiger partial charge in [-0.25, -0.2) is 18.1 Å². The van der Waals surface area contributed by atoms with Crippen molar-refractivity contribution >= 4 is 38.2 Å². The van der Waals surface area contributed by atoms with Crippen LogP contribution >= 0.6 is 11.6 Å². The molecule has 1 aromatic carbocycles. The number of halogens is 1. The molecule has 0 radical (unpaired) electrons. The molecule has 0 bridgehead atoms. The Labute approximate surface area is 166 Å². The van der Waals surface area contributed by atoms with Gasteiger partial charge in [-0.15, -0.1) is 0 Å². The van der Waals surface area contributed by atoms with Crippen molar-refractivity contribution in [2.24, 2.45) is 7.05 Å². The van der Waals surface area contributed by atoms with Crippen molar-refractivity contribution in [1.82, 2.24) is 24.5 Å². The average Bonchev–Trinajstić information content (AvgIpc) is 3.30. The van der Waals surface area contributed by atoms with E-state index in [0.29, 0.717) is 22.9 Å². The van der Waals surface area contributed by atoms with Gasteiger partial charge < -0.3 is 0 Å². The van der Waals surface area contributed by atoms with Gasteiger partial charge in [0.1, 0.15) is 4.90 Å². The quantitative estimate of drug-likeness (QED) is 0.539. The summed E-state index contributed by atoms with van der Waals surface area (Å²) in [4.78, 5) is 4.17. The van der Waals surface area contributed by atoms with Crippen molar-refractivity contribution in [2.75, 3.05) is 4.72 Å². The number of benzene rings is 1. The molecule has 144 valence electrons. The summed E-state index contributed by atoms with van der Waals surface area (Å²) in [5.41, 5.74) is 2.13. The van der Waals surface area contributed by atoms with E-state index in [1.807, 2.05) is 19.1 Å². The second-order valence-corrected chi connectivity index (χ2v) is 8.34. The first-order valence-corrected chi connectivity index (χ1v) is 10.4. The van der Waals surface area contributed by atoms with E-state index in [2.05, 4.69) is 19.9 Å². The molecule has 0 aliphatic carbocycles. The van der Waals surface area contributed by atoms with E-state index in [1.54, 1.807) is 30.1 Å². The number of aryl methyl sites for hydroxylation is 2. The number of pyridine rings is 1. The minimum atomic E-state index is -3.86. The Morgan fingerprint density at radius 1 is 1.18 bits per heavy atom. The fraction of sp³-hybridized carbons (Fsp3) is 0.167. The van der Waals surface area contributed by atoms with Crippen LogP contribution < -0.4 is 4.72 Å². The molecule has 28 heavy (non-hydrogen) atoms. The van der Waals surface area contributed by atoms with Gasteiger partial charge in [-0.05, 0) is 18.1 Å². The molecular weight excluding hydrogens is 400 g/mol. The standard InChI is InChI=1S/C18H17ClN6O2S/c1-3-12-4-5-13-9-21-24(2)18(13)17(12)23-28(26,27)15-10-22-25(11-15)16-8-14(19)6-7-20-16/h4-11,23H,3H2,1-2H3. The van der Waals surface area contributed by atoms with Crippen LogP contribution in [0.2, 0.25) is 5.02 Å². The number of nitrogens with zero attached hydrogens (tertiary/aromatic N) is 5. The van der Waals surface area contributed by atoms with Gasteiger partial charge in [-0.3, -0.25) is 9.40 Å². The van der Waals surface area contributed by atoms with E-state index in [4.69, 9.17) is 11.6 Å². The summed E-state index contributed by atoms with van der Waals surface area (Å²) in [6.07, 6.45) is 6.58. The number of nitrogens with one attached hydrogen (secondary N) is 1. The third kappa shape index (κ3) is 3.23. The molecule has 0 unspecified atom stereocenters. The normalized spacial score (nSPS) is 11.8. The lowest BCUT2D eigenvalue weighted by molar-refractivity contribution is 0.601. The third-order valence-corrected chi connectivity index (χ3v) is 5.96. The summed E-state index contributed by atoms with van der Waals surface area (Å²) in [6.45, 7) is 1.97. The molecule has 10 heteroatoms. The zero-order valence-electron chi connectivity index (χ0n) is 15.2. The summed E-state index contributed by atoms with van der Waals surface area (Å²) in [6, 6.07) is 7.07. The summed E-state index contributed by atoms with van der Waals surface area (Å²) in [7, 11) is -2.08. The van der Waals surface area contributed by atoms with E-state index in [-0.39, 0.29) is 4.90 Å². The van der Waals surface area contributed by atoms with Gasteiger partial charge in [-0.2, -0.15) is 10.2 Å². The maximum Gasteiger partial charge on any atom is 0.265 e. The number of sulfonamides is 1. The third-order valence-electron chi connectivity index (χ3n) is 4.42. The molecule has 0 spiro atoms. The fourth-order valence-corrected chi connectivity index (χ4v) is 4.19. The zero-order valence-corrected chi connectivity index (χ0v) is 16.7. The molecule has 0 atom stereocenters. The second-order valence-electron chi connectivity index (χ2n) is 6.22. The number of anilines is 1. The molecule has 0 amide bonds. The summed E-state index contributed by atoms with van der Waals surface area (Å²) >= 11 is 5.97. The lowest BCUT2D eigenvalue weighted by atomic mass is 10.1. The predicted molar refractivity (Wildman–Crippen MR) is 107 cm³/mol. The highest BCUT2D eigenvalue weighted by Gasteiger charge is 2.21. The highest BCUT2D eigenvalue weighted by atomic mass is 35.5. The molecule has 3 heterocycles. The van der Waals surface area contributed by atoms with Crippen LogP contribution in [-0.2, 0) is 23.5 Å². The minimum absolute atomic E-state index is 0.0236. The van der Waals surface area contributed by atoms with E-state index in [0.717, 1.165) is 16.5 Å². The SMILES string of the molecule is CCc1ccc2cnn(C)c2c1NS(=O)(=O)c1cnn(-c2cc(Cl)ccn2)c1. The van der Waals surface area contributed by atoms with Gasteiger partial charge in [0, 0.05) is 29.7 Å². The Hall–Kier alpha value is -2.91. The van der Waals surface area contributed by atoms with Crippen molar-refractivity contribution in [3.05, 3.63) is 59.6 Å². The largest absolute Gasteiger partial charge is 0.277 e. The highest BCUT2D eigenvalue weighted by Crippen LogP contribution is 2.30. The van der Waals surface area contributed by atoms with Crippen molar-refractivity contribution in [2.45, 2.75) is 18.2 Å².